The van der Waals surface area contributed by atoms with Crippen LogP contribution in [-0.2, 0) is 11.2 Å². The second-order valence-electron chi connectivity index (χ2n) is 3.37. The van der Waals surface area contributed by atoms with E-state index in [1.54, 1.807) is 0 Å². The summed E-state index contributed by atoms with van der Waals surface area (Å²) in [5.74, 6) is 0.540. The highest BCUT2D eigenvalue weighted by Crippen LogP contribution is 2.34. The van der Waals surface area contributed by atoms with E-state index in [0.717, 1.165) is 23.6 Å². The van der Waals surface area contributed by atoms with Gasteiger partial charge in [-0.3, -0.25) is 0 Å². The van der Waals surface area contributed by atoms with Gasteiger partial charge in [0.1, 0.15) is 5.60 Å². The predicted octanol–water partition coefficient (Wildman–Crippen LogP) is 2.89. The number of alkyl halides is 1. The summed E-state index contributed by atoms with van der Waals surface area (Å²) in [6.07, 6.45) is 0.816. The van der Waals surface area contributed by atoms with Gasteiger partial charge in [-0.15, -0.1) is 11.6 Å². The van der Waals surface area contributed by atoms with Gasteiger partial charge in [0.2, 0.25) is 0 Å². The summed E-state index contributed by atoms with van der Waals surface area (Å²) in [5.41, 5.74) is 0.981. The van der Waals surface area contributed by atoms with Crippen LogP contribution >= 0.6 is 23.2 Å². The van der Waals surface area contributed by atoms with E-state index in [1.165, 1.54) is 0 Å². The topological polar surface area (TPSA) is 12.5 Å². The number of rotatable bonds is 3. The molecule has 1 aromatic carbocycles. The maximum atomic E-state index is 6.02. The van der Waals surface area contributed by atoms with Crippen molar-refractivity contribution in [2.24, 2.45) is 0 Å². The van der Waals surface area contributed by atoms with E-state index in [2.05, 4.69) is 0 Å². The van der Waals surface area contributed by atoms with Crippen molar-refractivity contribution in [3.05, 3.63) is 34.9 Å². The van der Waals surface area contributed by atoms with Gasteiger partial charge in [0, 0.05) is 11.4 Å². The van der Waals surface area contributed by atoms with Crippen LogP contribution in [0.2, 0.25) is 5.02 Å². The highest BCUT2D eigenvalue weighted by Gasteiger charge is 2.44. The van der Waals surface area contributed by atoms with Crippen LogP contribution in [0.15, 0.2) is 24.3 Å². The Kier molecular flexibility index (Phi) is 2.50. The summed E-state index contributed by atoms with van der Waals surface area (Å²) in [7, 11) is 0. The molecule has 0 bridgehead atoms. The molecule has 1 atom stereocenters. The Balaban J connectivity index is 2.14. The zero-order chi connectivity index (χ0) is 9.31. The summed E-state index contributed by atoms with van der Waals surface area (Å²) >= 11 is 11.8. The number of hydrogen-bond donors (Lipinski definition) is 0. The fourth-order valence-corrected chi connectivity index (χ4v) is 1.77. The minimum absolute atomic E-state index is 0.132. The molecule has 0 amide bonds. The quantitative estimate of drug-likeness (QED) is 0.560. The van der Waals surface area contributed by atoms with Crippen LogP contribution in [-0.4, -0.2) is 18.1 Å². The molecule has 1 aliphatic rings. The monoisotopic (exact) mass is 216 g/mol. The molecule has 0 spiro atoms. The number of hydrogen-bond acceptors (Lipinski definition) is 1. The van der Waals surface area contributed by atoms with Crippen LogP contribution in [0.4, 0.5) is 0 Å². The Morgan fingerprint density at radius 2 is 2.08 bits per heavy atom. The molecule has 13 heavy (non-hydrogen) atoms. The molecule has 0 aliphatic carbocycles. The van der Waals surface area contributed by atoms with Crippen molar-refractivity contribution in [3.63, 3.8) is 0 Å². The summed E-state index contributed by atoms with van der Waals surface area (Å²) in [6.45, 7) is 0.752. The van der Waals surface area contributed by atoms with Gasteiger partial charge in [-0.2, -0.15) is 0 Å². The van der Waals surface area contributed by atoms with E-state index < -0.39 is 0 Å². The van der Waals surface area contributed by atoms with Crippen LogP contribution in [0.1, 0.15) is 5.56 Å². The van der Waals surface area contributed by atoms with Gasteiger partial charge in [0.25, 0.3) is 0 Å². The molecule has 0 radical (unpaired) electrons. The Morgan fingerprint density at radius 1 is 1.38 bits per heavy atom. The Labute approximate surface area is 87.6 Å². The van der Waals surface area contributed by atoms with Gasteiger partial charge in [-0.25, -0.2) is 0 Å². The first-order valence-corrected chi connectivity index (χ1v) is 5.10. The fraction of sp³-hybridized carbons (Fsp3) is 0.400. The van der Waals surface area contributed by atoms with Crippen molar-refractivity contribution in [2.45, 2.75) is 12.0 Å². The van der Waals surface area contributed by atoms with Crippen molar-refractivity contribution in [3.8, 4) is 0 Å². The third-order valence-electron chi connectivity index (χ3n) is 2.27. The van der Waals surface area contributed by atoms with Crippen molar-refractivity contribution in [1.82, 2.24) is 0 Å². The molecule has 0 saturated carbocycles. The van der Waals surface area contributed by atoms with Gasteiger partial charge in [0.05, 0.1) is 12.5 Å². The SMILES string of the molecule is ClCC1(Cc2ccccc2Cl)CO1. The van der Waals surface area contributed by atoms with E-state index in [0.29, 0.717) is 5.88 Å². The number of ether oxygens (including phenoxy) is 1. The van der Waals surface area contributed by atoms with E-state index in [9.17, 15) is 0 Å². The molecule has 2 rings (SSSR count). The second kappa shape index (κ2) is 3.49. The third-order valence-corrected chi connectivity index (χ3v) is 3.12. The van der Waals surface area contributed by atoms with Crippen molar-refractivity contribution < 1.29 is 4.74 Å². The Hall–Kier alpha value is -0.240. The fourth-order valence-electron chi connectivity index (χ4n) is 1.32. The highest BCUT2D eigenvalue weighted by atomic mass is 35.5. The standard InChI is InChI=1S/C10H10Cl2O/c11-6-10(7-13-10)5-8-3-1-2-4-9(8)12/h1-4H,5-7H2. The van der Waals surface area contributed by atoms with Crippen LogP contribution < -0.4 is 0 Å². The van der Waals surface area contributed by atoms with Crippen LogP contribution in [0, 0.1) is 0 Å². The highest BCUT2D eigenvalue weighted by molar-refractivity contribution is 6.31. The number of halogens is 2. The Bertz CT molecular complexity index is 308. The van der Waals surface area contributed by atoms with Crippen molar-refractivity contribution in [1.29, 1.82) is 0 Å². The minimum Gasteiger partial charge on any atom is -0.368 e. The van der Waals surface area contributed by atoms with E-state index in [4.69, 9.17) is 27.9 Å². The maximum absolute atomic E-state index is 6.02. The van der Waals surface area contributed by atoms with Gasteiger partial charge in [-0.05, 0) is 11.6 Å². The zero-order valence-corrected chi connectivity index (χ0v) is 8.61. The first-order chi connectivity index (χ1) is 6.26. The van der Waals surface area contributed by atoms with E-state index in [1.807, 2.05) is 24.3 Å². The smallest absolute Gasteiger partial charge is 0.109 e. The maximum Gasteiger partial charge on any atom is 0.109 e. The molecular formula is C10H10Cl2O. The van der Waals surface area contributed by atoms with Gasteiger partial charge < -0.3 is 4.74 Å². The van der Waals surface area contributed by atoms with Crippen LogP contribution in [0.3, 0.4) is 0 Å². The average molecular weight is 217 g/mol. The first-order valence-electron chi connectivity index (χ1n) is 4.19. The van der Waals surface area contributed by atoms with Gasteiger partial charge in [-0.1, -0.05) is 29.8 Å². The molecule has 0 N–H and O–H groups in total. The molecule has 1 aromatic rings. The molecule has 1 aliphatic heterocycles. The predicted molar refractivity (Wildman–Crippen MR) is 54.6 cm³/mol. The normalized spacial score (nSPS) is 26.0. The van der Waals surface area contributed by atoms with Gasteiger partial charge >= 0.3 is 0 Å². The third kappa shape index (κ3) is 1.98. The molecule has 3 heteroatoms. The summed E-state index contributed by atoms with van der Waals surface area (Å²) < 4.78 is 5.31. The molecular weight excluding hydrogens is 207 g/mol. The first kappa shape index (κ1) is 9.32. The molecule has 1 fully saturated rings. The zero-order valence-electron chi connectivity index (χ0n) is 7.09. The molecule has 1 saturated heterocycles. The molecule has 70 valence electrons. The molecule has 1 heterocycles. The lowest BCUT2D eigenvalue weighted by Gasteiger charge is -2.08. The Morgan fingerprint density at radius 3 is 2.62 bits per heavy atom. The molecule has 0 aromatic heterocycles. The average Bonchev–Trinajstić information content (AvgIpc) is 2.90. The molecule has 1 unspecified atom stereocenters. The van der Waals surface area contributed by atoms with E-state index in [-0.39, 0.29) is 5.60 Å². The van der Waals surface area contributed by atoms with Crippen molar-refractivity contribution in [2.75, 3.05) is 12.5 Å². The minimum atomic E-state index is -0.132. The second-order valence-corrected chi connectivity index (χ2v) is 4.05. The lowest BCUT2D eigenvalue weighted by Crippen LogP contribution is -2.16. The summed E-state index contributed by atoms with van der Waals surface area (Å²) in [6, 6.07) is 7.80. The number of benzene rings is 1. The lowest BCUT2D eigenvalue weighted by atomic mass is 10.0. The van der Waals surface area contributed by atoms with Crippen LogP contribution in [0.5, 0.6) is 0 Å². The molecule has 1 nitrogen and oxygen atoms in total. The summed E-state index contributed by atoms with van der Waals surface area (Å²) in [5, 5.41) is 0.794. The van der Waals surface area contributed by atoms with Gasteiger partial charge in [0.15, 0.2) is 0 Å². The van der Waals surface area contributed by atoms with Crippen LogP contribution in [0.25, 0.3) is 0 Å². The largest absolute Gasteiger partial charge is 0.368 e. The van der Waals surface area contributed by atoms with E-state index >= 15 is 0 Å². The van der Waals surface area contributed by atoms with Crippen molar-refractivity contribution >= 4 is 23.2 Å². The number of epoxide rings is 1. The summed E-state index contributed by atoms with van der Waals surface area (Å²) in [4.78, 5) is 0. The lowest BCUT2D eigenvalue weighted by molar-refractivity contribution is 0.325.